The highest BCUT2D eigenvalue weighted by atomic mass is 35.5. The maximum atomic E-state index is 5.48. The molecule has 29 heavy (non-hydrogen) atoms. The lowest BCUT2D eigenvalue weighted by Crippen LogP contribution is -2.47. The average molecular weight is 417 g/mol. The summed E-state index contributed by atoms with van der Waals surface area (Å²) in [5.41, 5.74) is 4.27. The minimum Gasteiger partial charge on any atom is -0.497 e. The van der Waals surface area contributed by atoms with E-state index >= 15 is 0 Å². The van der Waals surface area contributed by atoms with Crippen molar-refractivity contribution in [2.24, 2.45) is 0 Å². The van der Waals surface area contributed by atoms with E-state index in [1.54, 1.807) is 14.2 Å². The third kappa shape index (κ3) is 5.18. The maximum absolute atomic E-state index is 5.48. The number of ether oxygens (including phenoxy) is 2. The van der Waals surface area contributed by atoms with E-state index in [4.69, 9.17) is 9.47 Å². The Morgan fingerprint density at radius 2 is 1.59 bits per heavy atom. The van der Waals surface area contributed by atoms with Crippen LogP contribution in [0.2, 0.25) is 0 Å². The molecule has 0 saturated carbocycles. The number of anilines is 1. The summed E-state index contributed by atoms with van der Waals surface area (Å²) in [5, 5.41) is 0. The fourth-order valence-electron chi connectivity index (χ4n) is 4.62. The van der Waals surface area contributed by atoms with Crippen molar-refractivity contribution in [3.05, 3.63) is 53.6 Å². The molecule has 0 amide bonds. The van der Waals surface area contributed by atoms with Crippen molar-refractivity contribution >= 4 is 18.1 Å². The van der Waals surface area contributed by atoms with E-state index in [-0.39, 0.29) is 12.4 Å². The number of piperidine rings is 1. The quantitative estimate of drug-likeness (QED) is 0.687. The fraction of sp³-hybridized carbons (Fsp3) is 0.500. The molecule has 0 spiro atoms. The predicted molar refractivity (Wildman–Crippen MR) is 122 cm³/mol. The van der Waals surface area contributed by atoms with Gasteiger partial charge < -0.3 is 19.3 Å². The molecule has 0 radical (unpaired) electrons. The van der Waals surface area contributed by atoms with Gasteiger partial charge in [0.2, 0.25) is 0 Å². The molecule has 4 rings (SSSR count). The topological polar surface area (TPSA) is 24.9 Å². The molecule has 5 heteroatoms. The van der Waals surface area contributed by atoms with Gasteiger partial charge in [-0.15, -0.1) is 12.4 Å². The highest BCUT2D eigenvalue weighted by molar-refractivity contribution is 5.85. The average Bonchev–Trinajstić information content (AvgIpc) is 2.77. The largest absolute Gasteiger partial charge is 0.497 e. The molecule has 2 aliphatic heterocycles. The van der Waals surface area contributed by atoms with Gasteiger partial charge in [-0.05, 0) is 61.4 Å². The standard InChI is InChI=1S/C24H32N2O2.ClH/c1-27-22-8-5-19(6-9-22)11-15-25-16-12-21(13-17-25)26-14-3-4-20-7-10-23(28-2)18-24(20)26;/h5-10,18,21H,3-4,11-17H2,1-2H3;1H. The minimum atomic E-state index is 0. The Morgan fingerprint density at radius 3 is 2.28 bits per heavy atom. The number of aryl methyl sites for hydroxylation is 1. The summed E-state index contributed by atoms with van der Waals surface area (Å²) in [6.07, 6.45) is 6.06. The molecule has 0 aromatic heterocycles. The highest BCUT2D eigenvalue weighted by Crippen LogP contribution is 2.34. The molecule has 1 saturated heterocycles. The molecular weight excluding hydrogens is 384 g/mol. The van der Waals surface area contributed by atoms with Gasteiger partial charge in [-0.25, -0.2) is 0 Å². The van der Waals surface area contributed by atoms with Crippen LogP contribution < -0.4 is 14.4 Å². The van der Waals surface area contributed by atoms with Gasteiger partial charge >= 0.3 is 0 Å². The van der Waals surface area contributed by atoms with Gasteiger partial charge in [0.15, 0.2) is 0 Å². The molecule has 0 unspecified atom stereocenters. The zero-order valence-corrected chi connectivity index (χ0v) is 18.4. The summed E-state index contributed by atoms with van der Waals surface area (Å²) in [4.78, 5) is 5.28. The Labute approximate surface area is 181 Å². The Hall–Kier alpha value is -1.91. The van der Waals surface area contributed by atoms with Crippen LogP contribution in [0.25, 0.3) is 0 Å². The van der Waals surface area contributed by atoms with Crippen molar-refractivity contribution in [1.29, 1.82) is 0 Å². The molecule has 0 aliphatic carbocycles. The van der Waals surface area contributed by atoms with Crippen molar-refractivity contribution in [2.75, 3.05) is 45.3 Å². The molecule has 2 heterocycles. The first-order valence-electron chi connectivity index (χ1n) is 10.6. The zero-order valence-electron chi connectivity index (χ0n) is 17.6. The summed E-state index contributed by atoms with van der Waals surface area (Å²) in [6.45, 7) is 4.70. The number of hydrogen-bond donors (Lipinski definition) is 0. The number of benzene rings is 2. The summed E-state index contributed by atoms with van der Waals surface area (Å²) in [7, 11) is 3.48. The molecule has 2 aromatic rings. The van der Waals surface area contributed by atoms with E-state index in [1.165, 1.54) is 62.1 Å². The van der Waals surface area contributed by atoms with Crippen LogP contribution in [0.1, 0.15) is 30.4 Å². The molecule has 0 bridgehead atoms. The molecule has 158 valence electrons. The summed E-state index contributed by atoms with van der Waals surface area (Å²) in [6, 6.07) is 15.7. The van der Waals surface area contributed by atoms with E-state index in [0.29, 0.717) is 6.04 Å². The van der Waals surface area contributed by atoms with Crippen molar-refractivity contribution in [1.82, 2.24) is 4.90 Å². The Morgan fingerprint density at radius 1 is 0.897 bits per heavy atom. The Balaban J connectivity index is 0.00000240. The lowest BCUT2D eigenvalue weighted by atomic mass is 9.95. The second-order valence-electron chi connectivity index (χ2n) is 7.96. The first kappa shape index (κ1) is 21.8. The van der Waals surface area contributed by atoms with Gasteiger partial charge in [0.05, 0.1) is 14.2 Å². The molecule has 0 N–H and O–H groups in total. The monoisotopic (exact) mass is 416 g/mol. The van der Waals surface area contributed by atoms with Gasteiger partial charge in [0.25, 0.3) is 0 Å². The number of rotatable bonds is 6. The van der Waals surface area contributed by atoms with Gasteiger partial charge in [-0.3, -0.25) is 0 Å². The van der Waals surface area contributed by atoms with E-state index in [1.807, 2.05) is 0 Å². The second kappa shape index (κ2) is 10.2. The van der Waals surface area contributed by atoms with Gasteiger partial charge in [0, 0.05) is 44.0 Å². The van der Waals surface area contributed by atoms with Crippen LogP contribution in [-0.4, -0.2) is 51.3 Å². The molecule has 2 aromatic carbocycles. The summed E-state index contributed by atoms with van der Waals surface area (Å²) >= 11 is 0. The van der Waals surface area contributed by atoms with Crippen molar-refractivity contribution < 1.29 is 9.47 Å². The second-order valence-corrected chi connectivity index (χ2v) is 7.96. The van der Waals surface area contributed by atoms with Crippen molar-refractivity contribution in [2.45, 2.75) is 38.1 Å². The first-order valence-corrected chi connectivity index (χ1v) is 10.6. The van der Waals surface area contributed by atoms with Gasteiger partial charge in [0.1, 0.15) is 11.5 Å². The summed E-state index contributed by atoms with van der Waals surface area (Å²) < 4.78 is 10.7. The number of methoxy groups -OCH3 is 2. The lowest BCUT2D eigenvalue weighted by Gasteiger charge is -2.42. The van der Waals surface area contributed by atoms with Crippen LogP contribution in [0, 0.1) is 0 Å². The summed E-state index contributed by atoms with van der Waals surface area (Å²) in [5.74, 6) is 1.91. The first-order chi connectivity index (χ1) is 13.8. The van der Waals surface area contributed by atoms with Crippen LogP contribution in [-0.2, 0) is 12.8 Å². The van der Waals surface area contributed by atoms with E-state index in [0.717, 1.165) is 24.5 Å². The van der Waals surface area contributed by atoms with Crippen molar-refractivity contribution in [3.8, 4) is 11.5 Å². The molecule has 4 nitrogen and oxygen atoms in total. The number of hydrogen-bond acceptors (Lipinski definition) is 4. The van der Waals surface area contributed by atoms with E-state index in [2.05, 4.69) is 52.3 Å². The van der Waals surface area contributed by atoms with Gasteiger partial charge in [-0.2, -0.15) is 0 Å². The fourth-order valence-corrected chi connectivity index (χ4v) is 4.62. The van der Waals surface area contributed by atoms with Crippen LogP contribution in [0.3, 0.4) is 0 Å². The molecule has 1 fully saturated rings. The highest BCUT2D eigenvalue weighted by Gasteiger charge is 2.28. The predicted octanol–water partition coefficient (Wildman–Crippen LogP) is 4.59. The van der Waals surface area contributed by atoms with Gasteiger partial charge in [-0.1, -0.05) is 18.2 Å². The normalized spacial score (nSPS) is 17.4. The minimum absolute atomic E-state index is 0. The molecule has 0 atom stereocenters. The Bertz CT molecular complexity index is 773. The number of fused-ring (bicyclic) bond motifs is 1. The van der Waals surface area contributed by atoms with Crippen LogP contribution >= 0.6 is 12.4 Å². The van der Waals surface area contributed by atoms with Crippen LogP contribution in [0.15, 0.2) is 42.5 Å². The number of likely N-dealkylation sites (tertiary alicyclic amines) is 1. The van der Waals surface area contributed by atoms with E-state index < -0.39 is 0 Å². The Kier molecular flexibility index (Phi) is 7.68. The van der Waals surface area contributed by atoms with Crippen LogP contribution in [0.4, 0.5) is 5.69 Å². The third-order valence-corrected chi connectivity index (χ3v) is 6.32. The lowest BCUT2D eigenvalue weighted by molar-refractivity contribution is 0.210. The zero-order chi connectivity index (χ0) is 19.3. The smallest absolute Gasteiger partial charge is 0.120 e. The molecule has 2 aliphatic rings. The number of nitrogens with zero attached hydrogens (tertiary/aromatic N) is 2. The molecular formula is C24H33ClN2O2. The SMILES string of the molecule is COc1ccc(CCN2CCC(N3CCCc4ccc(OC)cc43)CC2)cc1.Cl. The number of halogens is 1. The van der Waals surface area contributed by atoms with Crippen molar-refractivity contribution in [3.63, 3.8) is 0 Å². The van der Waals surface area contributed by atoms with Crippen LogP contribution in [0.5, 0.6) is 11.5 Å². The van der Waals surface area contributed by atoms with E-state index in [9.17, 15) is 0 Å². The third-order valence-electron chi connectivity index (χ3n) is 6.32. The maximum Gasteiger partial charge on any atom is 0.120 e.